The average Bonchev–Trinajstić information content (AvgIpc) is 2.94. The van der Waals surface area contributed by atoms with E-state index in [0.717, 1.165) is 11.3 Å². The molecule has 0 bridgehead atoms. The molecule has 2 heterocycles. The van der Waals surface area contributed by atoms with Crippen LogP contribution in [-0.2, 0) is 16.0 Å². The predicted octanol–water partition coefficient (Wildman–Crippen LogP) is 2.55. The molecule has 0 saturated heterocycles. The smallest absolute Gasteiger partial charge is 0.339 e. The third kappa shape index (κ3) is 2.74. The summed E-state index contributed by atoms with van der Waals surface area (Å²) < 4.78 is 10.7. The van der Waals surface area contributed by atoms with Gasteiger partial charge in [0.1, 0.15) is 11.5 Å². The Morgan fingerprint density at radius 3 is 2.77 bits per heavy atom. The molecule has 2 unspecified atom stereocenters. The van der Waals surface area contributed by atoms with Crippen molar-refractivity contribution in [3.05, 3.63) is 59.0 Å². The molecule has 0 fully saturated rings. The van der Waals surface area contributed by atoms with Crippen molar-refractivity contribution in [3.8, 4) is 0 Å². The van der Waals surface area contributed by atoms with Gasteiger partial charge in [0.05, 0.1) is 11.6 Å². The lowest BCUT2D eigenvalue weighted by atomic mass is 9.98. The number of carbonyl (C=O) groups excluding carboxylic acids is 2. The lowest BCUT2D eigenvalue weighted by molar-refractivity contribution is -0.131. The quantitative estimate of drug-likeness (QED) is 0.884. The van der Waals surface area contributed by atoms with E-state index in [-0.39, 0.29) is 11.9 Å². The van der Waals surface area contributed by atoms with Crippen LogP contribution in [0.5, 0.6) is 0 Å². The minimum absolute atomic E-state index is 0.280. The molecule has 2 aromatic rings. The van der Waals surface area contributed by atoms with Crippen molar-refractivity contribution in [1.82, 2.24) is 5.32 Å². The molecule has 114 valence electrons. The topological polar surface area (TPSA) is 68.5 Å². The van der Waals surface area contributed by atoms with E-state index in [1.54, 1.807) is 12.1 Å². The normalized spacial score (nSPS) is 18.3. The molecule has 5 heteroatoms. The van der Waals surface area contributed by atoms with Crippen LogP contribution in [0, 0.1) is 6.92 Å². The van der Waals surface area contributed by atoms with E-state index in [1.807, 2.05) is 38.1 Å². The van der Waals surface area contributed by atoms with Gasteiger partial charge < -0.3 is 14.5 Å². The molecule has 22 heavy (non-hydrogen) atoms. The first-order chi connectivity index (χ1) is 10.5. The van der Waals surface area contributed by atoms with Gasteiger partial charge in [-0.05, 0) is 37.6 Å². The van der Waals surface area contributed by atoms with E-state index in [2.05, 4.69) is 5.32 Å². The second-order valence-corrected chi connectivity index (χ2v) is 5.43. The maximum atomic E-state index is 12.3. The molecule has 0 saturated carbocycles. The second-order valence-electron chi connectivity index (χ2n) is 5.43. The van der Waals surface area contributed by atoms with Crippen molar-refractivity contribution in [3.63, 3.8) is 0 Å². The van der Waals surface area contributed by atoms with Gasteiger partial charge in [-0.2, -0.15) is 0 Å². The first kappa shape index (κ1) is 14.4. The number of rotatable bonds is 3. The van der Waals surface area contributed by atoms with Crippen molar-refractivity contribution < 1.29 is 18.7 Å². The lowest BCUT2D eigenvalue weighted by Crippen LogP contribution is -2.42. The number of hydrogen-bond donors (Lipinski definition) is 1. The van der Waals surface area contributed by atoms with Gasteiger partial charge in [-0.15, -0.1) is 0 Å². The molecule has 0 aliphatic carbocycles. The fourth-order valence-corrected chi connectivity index (χ4v) is 2.54. The van der Waals surface area contributed by atoms with Gasteiger partial charge in [0, 0.05) is 6.42 Å². The van der Waals surface area contributed by atoms with Crippen LogP contribution in [0.25, 0.3) is 0 Å². The minimum atomic E-state index is -0.805. The number of fused-ring (bicyclic) bond motifs is 1. The zero-order valence-corrected chi connectivity index (χ0v) is 12.5. The molecule has 1 aliphatic heterocycles. The van der Waals surface area contributed by atoms with Crippen molar-refractivity contribution >= 4 is 11.9 Å². The van der Waals surface area contributed by atoms with Gasteiger partial charge in [0.15, 0.2) is 6.10 Å². The largest absolute Gasteiger partial charge is 0.464 e. The van der Waals surface area contributed by atoms with Gasteiger partial charge >= 0.3 is 5.97 Å². The number of amides is 1. The summed E-state index contributed by atoms with van der Waals surface area (Å²) in [6.07, 6.45) is -0.418. The Balaban J connectivity index is 1.70. The zero-order valence-electron chi connectivity index (χ0n) is 12.5. The summed E-state index contributed by atoms with van der Waals surface area (Å²) in [5, 5.41) is 2.82. The third-order valence-electron chi connectivity index (χ3n) is 3.73. The van der Waals surface area contributed by atoms with Crippen LogP contribution in [0.2, 0.25) is 0 Å². The van der Waals surface area contributed by atoms with E-state index in [0.29, 0.717) is 17.7 Å². The maximum absolute atomic E-state index is 12.3. The number of aryl methyl sites for hydroxylation is 1. The maximum Gasteiger partial charge on any atom is 0.339 e. The van der Waals surface area contributed by atoms with Gasteiger partial charge in [0.25, 0.3) is 5.91 Å². The Labute approximate surface area is 128 Å². The minimum Gasteiger partial charge on any atom is -0.464 e. The van der Waals surface area contributed by atoms with Crippen LogP contribution in [0.15, 0.2) is 40.8 Å². The van der Waals surface area contributed by atoms with Crippen LogP contribution in [0.3, 0.4) is 0 Å². The highest BCUT2D eigenvalue weighted by atomic mass is 16.5. The zero-order chi connectivity index (χ0) is 15.7. The van der Waals surface area contributed by atoms with Crippen LogP contribution >= 0.6 is 0 Å². The Bertz CT molecular complexity index is 719. The molecule has 3 rings (SSSR count). The molecular formula is C17H17NO4. The van der Waals surface area contributed by atoms with Crippen LogP contribution in [0.4, 0.5) is 0 Å². The third-order valence-corrected chi connectivity index (χ3v) is 3.73. The monoisotopic (exact) mass is 299 g/mol. The molecule has 1 N–H and O–H groups in total. The summed E-state index contributed by atoms with van der Waals surface area (Å²) in [4.78, 5) is 24.3. The number of cyclic esters (lactones) is 1. The summed E-state index contributed by atoms with van der Waals surface area (Å²) >= 11 is 0. The molecule has 1 amide bonds. The van der Waals surface area contributed by atoms with Crippen molar-refractivity contribution in [2.24, 2.45) is 0 Å². The molecule has 0 spiro atoms. The molecule has 1 aromatic carbocycles. The number of nitrogens with one attached hydrogen (secondary N) is 1. The highest BCUT2D eigenvalue weighted by Gasteiger charge is 2.31. The van der Waals surface area contributed by atoms with Crippen molar-refractivity contribution in [2.75, 3.05) is 0 Å². The van der Waals surface area contributed by atoms with Crippen molar-refractivity contribution in [1.29, 1.82) is 0 Å². The SMILES string of the molecule is Cc1ccc(C(C)NC(=O)C2Cc3ccccc3C(=O)O2)o1. The van der Waals surface area contributed by atoms with Crippen LogP contribution in [0.1, 0.15) is 40.4 Å². The molecular weight excluding hydrogens is 282 g/mol. The summed E-state index contributed by atoms with van der Waals surface area (Å²) in [6, 6.07) is 10.6. The molecule has 2 atom stereocenters. The fraction of sp³-hybridized carbons (Fsp3) is 0.294. The van der Waals surface area contributed by atoms with Gasteiger partial charge in [-0.3, -0.25) is 4.79 Å². The highest BCUT2D eigenvalue weighted by molar-refractivity contribution is 5.95. The van der Waals surface area contributed by atoms with E-state index in [9.17, 15) is 9.59 Å². The Morgan fingerprint density at radius 2 is 2.05 bits per heavy atom. The second kappa shape index (κ2) is 5.67. The molecule has 1 aromatic heterocycles. The Hall–Kier alpha value is -2.56. The lowest BCUT2D eigenvalue weighted by Gasteiger charge is -2.24. The van der Waals surface area contributed by atoms with E-state index in [4.69, 9.17) is 9.15 Å². The van der Waals surface area contributed by atoms with Gasteiger partial charge in [-0.1, -0.05) is 18.2 Å². The average molecular weight is 299 g/mol. The molecule has 5 nitrogen and oxygen atoms in total. The Kier molecular flexibility index (Phi) is 3.71. The predicted molar refractivity (Wildman–Crippen MR) is 79.4 cm³/mol. The number of benzene rings is 1. The molecule has 1 aliphatic rings. The summed E-state index contributed by atoms with van der Waals surface area (Å²) in [5.74, 6) is 0.690. The fourth-order valence-electron chi connectivity index (χ4n) is 2.54. The number of carbonyl (C=O) groups is 2. The summed E-state index contributed by atoms with van der Waals surface area (Å²) in [7, 11) is 0. The first-order valence-electron chi connectivity index (χ1n) is 7.20. The van der Waals surface area contributed by atoms with E-state index < -0.39 is 12.1 Å². The van der Waals surface area contributed by atoms with Crippen molar-refractivity contribution in [2.45, 2.75) is 32.4 Å². The number of esters is 1. The number of hydrogen-bond acceptors (Lipinski definition) is 4. The standard InChI is InChI=1S/C17H17NO4/c1-10-7-8-14(21-10)11(2)18-16(19)15-9-12-5-3-4-6-13(12)17(20)22-15/h3-8,11,15H,9H2,1-2H3,(H,18,19). The molecule has 0 radical (unpaired) electrons. The number of ether oxygens (including phenoxy) is 1. The van der Waals surface area contributed by atoms with E-state index in [1.165, 1.54) is 0 Å². The van der Waals surface area contributed by atoms with Crippen LogP contribution in [-0.4, -0.2) is 18.0 Å². The van der Waals surface area contributed by atoms with Gasteiger partial charge in [-0.25, -0.2) is 4.79 Å². The highest BCUT2D eigenvalue weighted by Crippen LogP contribution is 2.22. The van der Waals surface area contributed by atoms with E-state index >= 15 is 0 Å². The summed E-state index contributed by atoms with van der Waals surface area (Å²) in [6.45, 7) is 3.67. The number of furan rings is 1. The van der Waals surface area contributed by atoms with Gasteiger partial charge in [0.2, 0.25) is 0 Å². The Morgan fingerprint density at radius 1 is 1.27 bits per heavy atom. The summed E-state index contributed by atoms with van der Waals surface area (Å²) in [5.41, 5.74) is 1.36. The van der Waals surface area contributed by atoms with Crippen LogP contribution < -0.4 is 5.32 Å². The first-order valence-corrected chi connectivity index (χ1v) is 7.20.